The van der Waals surface area contributed by atoms with Gasteiger partial charge in [-0.15, -0.1) is 0 Å². The van der Waals surface area contributed by atoms with Gasteiger partial charge in [0.2, 0.25) is 0 Å². The molecule has 29 heavy (non-hydrogen) atoms. The van der Waals surface area contributed by atoms with Crippen LogP contribution in [0, 0.1) is 0 Å². The number of carbonyl (C=O) groups excluding carboxylic acids is 1. The number of aryl methyl sites for hydroxylation is 1. The van der Waals surface area contributed by atoms with E-state index in [9.17, 15) is 4.79 Å². The van der Waals surface area contributed by atoms with Gasteiger partial charge in [-0.1, -0.05) is 18.6 Å². The largest absolute Gasteiger partial charge is 0.496 e. The number of ether oxygens (including phenoxy) is 1. The van der Waals surface area contributed by atoms with Gasteiger partial charge in [0.25, 0.3) is 5.91 Å². The van der Waals surface area contributed by atoms with Gasteiger partial charge in [-0.3, -0.25) is 9.69 Å². The zero-order chi connectivity index (χ0) is 20.2. The van der Waals surface area contributed by atoms with E-state index < -0.39 is 0 Å². The number of aromatic nitrogens is 2. The third-order valence-corrected chi connectivity index (χ3v) is 5.57. The zero-order valence-electron chi connectivity index (χ0n) is 17.1. The number of para-hydroxylation sites is 1. The molecule has 0 radical (unpaired) electrons. The van der Waals surface area contributed by atoms with Crippen LogP contribution in [0.3, 0.4) is 0 Å². The minimum Gasteiger partial charge on any atom is -0.496 e. The third kappa shape index (κ3) is 4.12. The summed E-state index contributed by atoms with van der Waals surface area (Å²) in [4.78, 5) is 20.1. The molecule has 4 rings (SSSR count). The molecule has 0 spiro atoms. The molecule has 152 valence electrons. The number of benzene rings is 2. The highest BCUT2D eigenvalue weighted by atomic mass is 16.5. The van der Waals surface area contributed by atoms with E-state index in [1.807, 2.05) is 30.3 Å². The van der Waals surface area contributed by atoms with Crippen LogP contribution in [0.4, 0.5) is 5.69 Å². The predicted molar refractivity (Wildman–Crippen MR) is 115 cm³/mol. The lowest BCUT2D eigenvalue weighted by atomic mass is 10.1. The van der Waals surface area contributed by atoms with E-state index in [1.165, 1.54) is 19.3 Å². The molecule has 0 unspecified atom stereocenters. The Bertz CT molecular complexity index is 1010. The number of carbonyl (C=O) groups is 1. The van der Waals surface area contributed by atoms with E-state index in [-0.39, 0.29) is 5.91 Å². The first-order valence-electron chi connectivity index (χ1n) is 10.4. The number of amides is 1. The Morgan fingerprint density at radius 2 is 1.93 bits per heavy atom. The summed E-state index contributed by atoms with van der Waals surface area (Å²) in [5.41, 5.74) is 3.27. The smallest absolute Gasteiger partial charge is 0.259 e. The van der Waals surface area contributed by atoms with Gasteiger partial charge in [0, 0.05) is 12.2 Å². The second-order valence-corrected chi connectivity index (χ2v) is 7.47. The van der Waals surface area contributed by atoms with Gasteiger partial charge in [-0.2, -0.15) is 0 Å². The number of piperidine rings is 1. The van der Waals surface area contributed by atoms with Crippen LogP contribution in [0.2, 0.25) is 0 Å². The van der Waals surface area contributed by atoms with Gasteiger partial charge < -0.3 is 14.6 Å². The minimum absolute atomic E-state index is 0.190. The van der Waals surface area contributed by atoms with Crippen LogP contribution in [-0.2, 0) is 13.1 Å². The van der Waals surface area contributed by atoms with Gasteiger partial charge in [-0.25, -0.2) is 4.98 Å². The highest BCUT2D eigenvalue weighted by molar-refractivity contribution is 6.06. The summed E-state index contributed by atoms with van der Waals surface area (Å²) in [6.07, 6.45) is 3.87. The lowest BCUT2D eigenvalue weighted by Gasteiger charge is -2.26. The molecular formula is C23H28N4O2. The molecule has 3 aromatic rings. The Hall–Kier alpha value is -2.86. The molecule has 1 fully saturated rings. The van der Waals surface area contributed by atoms with Crippen molar-refractivity contribution in [2.24, 2.45) is 0 Å². The fraction of sp³-hybridized carbons (Fsp3) is 0.391. The Morgan fingerprint density at radius 1 is 1.14 bits per heavy atom. The number of nitrogens with zero attached hydrogens (tertiary/aromatic N) is 3. The summed E-state index contributed by atoms with van der Waals surface area (Å²) in [6.45, 7) is 6.20. The maximum absolute atomic E-state index is 12.7. The molecule has 0 bridgehead atoms. The zero-order valence-corrected chi connectivity index (χ0v) is 17.1. The lowest BCUT2D eigenvalue weighted by Crippen LogP contribution is -2.30. The van der Waals surface area contributed by atoms with E-state index in [0.717, 1.165) is 48.7 Å². The summed E-state index contributed by atoms with van der Waals surface area (Å²) in [5, 5.41) is 2.97. The molecule has 1 saturated heterocycles. The summed E-state index contributed by atoms with van der Waals surface area (Å²) in [6, 6.07) is 13.2. The molecule has 2 aromatic carbocycles. The Labute approximate surface area is 171 Å². The minimum atomic E-state index is -0.190. The van der Waals surface area contributed by atoms with E-state index in [4.69, 9.17) is 9.72 Å². The maximum atomic E-state index is 12.7. The monoisotopic (exact) mass is 392 g/mol. The fourth-order valence-electron chi connectivity index (χ4n) is 4.08. The number of anilines is 1. The van der Waals surface area contributed by atoms with Gasteiger partial charge in [-0.05, 0) is 63.2 Å². The number of likely N-dealkylation sites (tertiary alicyclic amines) is 1. The van der Waals surface area contributed by atoms with Crippen LogP contribution < -0.4 is 10.1 Å². The van der Waals surface area contributed by atoms with E-state index in [0.29, 0.717) is 11.3 Å². The second-order valence-electron chi connectivity index (χ2n) is 7.47. The summed E-state index contributed by atoms with van der Waals surface area (Å²) in [5.74, 6) is 1.47. The van der Waals surface area contributed by atoms with Crippen molar-refractivity contribution in [1.29, 1.82) is 0 Å². The van der Waals surface area contributed by atoms with Gasteiger partial charge in [0.05, 0.1) is 30.3 Å². The van der Waals surface area contributed by atoms with Crippen molar-refractivity contribution >= 4 is 22.6 Å². The molecule has 2 heterocycles. The molecule has 1 N–H and O–H groups in total. The normalized spacial score (nSPS) is 14.8. The number of hydrogen-bond donors (Lipinski definition) is 1. The van der Waals surface area contributed by atoms with Crippen molar-refractivity contribution < 1.29 is 9.53 Å². The maximum Gasteiger partial charge on any atom is 0.259 e. The highest BCUT2D eigenvalue weighted by Gasteiger charge is 2.17. The summed E-state index contributed by atoms with van der Waals surface area (Å²) in [7, 11) is 1.57. The molecular weight excluding hydrogens is 364 g/mol. The Balaban J connectivity index is 1.58. The number of nitrogens with one attached hydrogen (secondary N) is 1. The highest BCUT2D eigenvalue weighted by Crippen LogP contribution is 2.24. The van der Waals surface area contributed by atoms with Crippen LogP contribution in [-0.4, -0.2) is 40.6 Å². The lowest BCUT2D eigenvalue weighted by molar-refractivity contribution is 0.102. The van der Waals surface area contributed by atoms with Crippen molar-refractivity contribution in [1.82, 2.24) is 14.5 Å². The topological polar surface area (TPSA) is 59.4 Å². The molecule has 1 amide bonds. The van der Waals surface area contributed by atoms with Crippen molar-refractivity contribution in [3.05, 3.63) is 53.9 Å². The summed E-state index contributed by atoms with van der Waals surface area (Å²) < 4.78 is 7.57. The molecule has 0 aliphatic carbocycles. The first kappa shape index (κ1) is 19.5. The molecule has 1 aliphatic rings. The SMILES string of the molecule is CCn1c(CN2CCCCC2)nc2cc(NC(=O)c3ccccc3OC)ccc21. The number of rotatable bonds is 6. The number of imidazole rings is 1. The number of fused-ring (bicyclic) bond motifs is 1. The summed E-state index contributed by atoms with van der Waals surface area (Å²) >= 11 is 0. The van der Waals surface area contributed by atoms with Crippen molar-refractivity contribution in [2.45, 2.75) is 39.3 Å². The standard InChI is InChI=1S/C23H28N4O2/c1-3-27-20-12-11-17(24-23(28)18-9-5-6-10-21(18)29-2)15-19(20)25-22(27)16-26-13-7-4-8-14-26/h5-6,9-12,15H,3-4,7-8,13-14,16H2,1-2H3,(H,24,28). The van der Waals surface area contributed by atoms with E-state index in [1.54, 1.807) is 19.2 Å². The molecule has 1 aromatic heterocycles. The second kappa shape index (κ2) is 8.66. The quantitative estimate of drug-likeness (QED) is 0.679. The van der Waals surface area contributed by atoms with Crippen molar-refractivity contribution in [2.75, 3.05) is 25.5 Å². The van der Waals surface area contributed by atoms with Crippen LogP contribution in [0.25, 0.3) is 11.0 Å². The van der Waals surface area contributed by atoms with Crippen molar-refractivity contribution in [3.8, 4) is 5.75 Å². The van der Waals surface area contributed by atoms with Crippen LogP contribution >= 0.6 is 0 Å². The van der Waals surface area contributed by atoms with Crippen LogP contribution in [0.15, 0.2) is 42.5 Å². The first-order valence-corrected chi connectivity index (χ1v) is 10.4. The van der Waals surface area contributed by atoms with E-state index in [2.05, 4.69) is 21.7 Å². The van der Waals surface area contributed by atoms with Crippen LogP contribution in [0.5, 0.6) is 5.75 Å². The molecule has 0 atom stereocenters. The van der Waals surface area contributed by atoms with Gasteiger partial charge in [0.1, 0.15) is 11.6 Å². The number of hydrogen-bond acceptors (Lipinski definition) is 4. The third-order valence-electron chi connectivity index (χ3n) is 5.57. The van der Waals surface area contributed by atoms with Gasteiger partial charge in [0.15, 0.2) is 0 Å². The van der Waals surface area contributed by atoms with Crippen LogP contribution in [0.1, 0.15) is 42.4 Å². The predicted octanol–water partition coefficient (Wildman–Crippen LogP) is 4.30. The first-order chi connectivity index (χ1) is 14.2. The Morgan fingerprint density at radius 3 is 2.69 bits per heavy atom. The Kier molecular flexibility index (Phi) is 5.81. The number of methoxy groups -OCH3 is 1. The van der Waals surface area contributed by atoms with E-state index >= 15 is 0 Å². The molecule has 0 saturated carbocycles. The average Bonchev–Trinajstić information content (AvgIpc) is 3.10. The van der Waals surface area contributed by atoms with Gasteiger partial charge >= 0.3 is 0 Å². The molecule has 1 aliphatic heterocycles. The van der Waals surface area contributed by atoms with Crippen molar-refractivity contribution in [3.63, 3.8) is 0 Å². The fourth-order valence-corrected chi connectivity index (χ4v) is 4.08. The molecule has 6 heteroatoms. The average molecular weight is 393 g/mol. The molecule has 6 nitrogen and oxygen atoms in total.